The van der Waals surface area contributed by atoms with E-state index in [1.165, 1.54) is 33.8 Å². The van der Waals surface area contributed by atoms with E-state index in [1.807, 2.05) is 0 Å². The number of hydrogen-bond donors (Lipinski definition) is 0. The summed E-state index contributed by atoms with van der Waals surface area (Å²) >= 11 is 0. The minimum atomic E-state index is -2.10. The second kappa shape index (κ2) is 14.7. The third kappa shape index (κ3) is 6.82. The zero-order valence-electron chi connectivity index (χ0n) is 28.9. The fraction of sp³-hybridized carbons (Fsp3) is 0.500. The Bertz CT molecular complexity index is 1230. The van der Waals surface area contributed by atoms with Crippen LogP contribution in [0.25, 0.3) is 12.2 Å². The lowest BCUT2D eigenvalue weighted by molar-refractivity contribution is 0.328. The van der Waals surface area contributed by atoms with Crippen LogP contribution >= 0.6 is 0 Å². The van der Waals surface area contributed by atoms with Gasteiger partial charge in [0.15, 0.2) is 0 Å². The summed E-state index contributed by atoms with van der Waals surface area (Å²) in [5, 5.41) is 0. The number of hydrogen-bond acceptors (Lipinski definition) is 2. The summed E-state index contributed by atoms with van der Waals surface area (Å²) in [7, 11) is -4.19. The predicted octanol–water partition coefficient (Wildman–Crippen LogP) is 12.8. The van der Waals surface area contributed by atoms with Crippen molar-refractivity contribution in [2.45, 2.75) is 127 Å². The van der Waals surface area contributed by atoms with Gasteiger partial charge in [0.1, 0.15) is 0 Å². The molecule has 44 heavy (non-hydrogen) atoms. The third-order valence-corrected chi connectivity index (χ3v) is 22.0. The molecule has 2 atom stereocenters. The zero-order valence-corrected chi connectivity index (χ0v) is 30.9. The molecule has 238 valence electrons. The first-order valence-electron chi connectivity index (χ1n) is 17.2. The zero-order chi connectivity index (χ0) is 32.1. The highest BCUT2D eigenvalue weighted by molar-refractivity contribution is 6.77. The van der Waals surface area contributed by atoms with Gasteiger partial charge in [-0.1, -0.05) is 116 Å². The van der Waals surface area contributed by atoms with Gasteiger partial charge in [0.25, 0.3) is 16.6 Å². The lowest BCUT2D eigenvalue weighted by atomic mass is 9.88. The first-order valence-corrected chi connectivity index (χ1v) is 21.8. The smallest absolute Gasteiger partial charge is 0.256 e. The SMILES string of the molecule is C=CCC[Si](OC1=Cc2ccccc2C1CCC1C(O[Si](CCC=C)(C(C)C)C(C)C)=Cc2ccccc21)(C(C)C)C(C)C. The summed E-state index contributed by atoms with van der Waals surface area (Å²) in [6.07, 6.45) is 13.0. The van der Waals surface area contributed by atoms with Crippen molar-refractivity contribution in [3.63, 3.8) is 0 Å². The highest BCUT2D eigenvalue weighted by Gasteiger charge is 2.47. The molecule has 0 aromatic heterocycles. The van der Waals surface area contributed by atoms with E-state index in [-0.39, 0.29) is 11.8 Å². The molecule has 2 unspecified atom stereocenters. The van der Waals surface area contributed by atoms with Crippen LogP contribution in [0.15, 0.2) is 85.4 Å². The van der Waals surface area contributed by atoms with Gasteiger partial charge in [-0.2, -0.15) is 0 Å². The van der Waals surface area contributed by atoms with E-state index in [0.717, 1.165) is 37.8 Å². The van der Waals surface area contributed by atoms with Gasteiger partial charge in [-0.25, -0.2) is 0 Å². The van der Waals surface area contributed by atoms with Gasteiger partial charge in [0.2, 0.25) is 0 Å². The van der Waals surface area contributed by atoms with Crippen LogP contribution in [-0.4, -0.2) is 16.6 Å². The molecule has 0 saturated carbocycles. The lowest BCUT2D eigenvalue weighted by Gasteiger charge is -2.41. The molecule has 4 rings (SSSR count). The van der Waals surface area contributed by atoms with Gasteiger partial charge in [-0.3, -0.25) is 0 Å². The van der Waals surface area contributed by atoms with E-state index in [2.05, 4.69) is 141 Å². The summed E-state index contributed by atoms with van der Waals surface area (Å²) in [6.45, 7) is 27.1. The average Bonchev–Trinajstić information content (AvgIpc) is 3.52. The Hall–Kier alpha value is -2.57. The molecular formula is C40H58O2Si2. The van der Waals surface area contributed by atoms with Crippen molar-refractivity contribution in [1.82, 2.24) is 0 Å². The van der Waals surface area contributed by atoms with Crippen LogP contribution < -0.4 is 0 Å². The second-order valence-corrected chi connectivity index (χ2v) is 24.3. The van der Waals surface area contributed by atoms with Crippen molar-refractivity contribution in [2.75, 3.05) is 0 Å². The molecule has 2 aliphatic rings. The summed E-state index contributed by atoms with van der Waals surface area (Å²) in [4.78, 5) is 0. The van der Waals surface area contributed by atoms with Crippen molar-refractivity contribution < 1.29 is 8.85 Å². The van der Waals surface area contributed by atoms with Crippen molar-refractivity contribution in [3.8, 4) is 0 Å². The topological polar surface area (TPSA) is 18.5 Å². The average molecular weight is 627 g/mol. The van der Waals surface area contributed by atoms with Crippen molar-refractivity contribution in [2.24, 2.45) is 0 Å². The number of benzene rings is 2. The van der Waals surface area contributed by atoms with E-state index in [4.69, 9.17) is 8.85 Å². The molecule has 0 N–H and O–H groups in total. The summed E-state index contributed by atoms with van der Waals surface area (Å²) in [6, 6.07) is 20.1. The van der Waals surface area contributed by atoms with E-state index in [9.17, 15) is 0 Å². The molecule has 0 radical (unpaired) electrons. The van der Waals surface area contributed by atoms with Gasteiger partial charge >= 0.3 is 0 Å². The minimum Gasteiger partial charge on any atom is -0.545 e. The van der Waals surface area contributed by atoms with Crippen molar-refractivity contribution >= 4 is 28.8 Å². The van der Waals surface area contributed by atoms with Crippen LogP contribution in [0.3, 0.4) is 0 Å². The maximum Gasteiger partial charge on any atom is 0.256 e. The molecule has 2 aromatic rings. The molecule has 0 spiro atoms. The fourth-order valence-corrected chi connectivity index (χ4v) is 16.7. The maximum atomic E-state index is 7.42. The molecule has 2 aliphatic carbocycles. The summed E-state index contributed by atoms with van der Waals surface area (Å²) < 4.78 is 14.8. The van der Waals surface area contributed by atoms with Gasteiger partial charge in [0.05, 0.1) is 11.5 Å². The Morgan fingerprint density at radius 2 is 0.932 bits per heavy atom. The fourth-order valence-electron chi connectivity index (χ4n) is 8.02. The Morgan fingerprint density at radius 3 is 1.25 bits per heavy atom. The van der Waals surface area contributed by atoms with Gasteiger partial charge in [-0.15, -0.1) is 13.2 Å². The molecule has 0 heterocycles. The maximum absolute atomic E-state index is 7.42. The standard InChI is InChI=1S/C40H58O2Si2/c1-11-13-25-43(29(3)4,30(5)6)41-39-27-33-19-15-17-21-35(33)37(39)23-24-38-36-22-18-16-20-34(36)28-40(38)42-44(31(7)8,32(9)10)26-14-12-2/h11-12,15-22,27-32,37-38H,1-2,13-14,23-26H2,3-10H3. The van der Waals surface area contributed by atoms with E-state index in [1.54, 1.807) is 0 Å². The number of rotatable bonds is 17. The molecule has 0 saturated heterocycles. The highest BCUT2D eigenvalue weighted by atomic mass is 28.4. The molecule has 2 nitrogen and oxygen atoms in total. The first-order chi connectivity index (χ1) is 21.0. The monoisotopic (exact) mass is 626 g/mol. The van der Waals surface area contributed by atoms with Gasteiger partial charge in [0, 0.05) is 11.8 Å². The van der Waals surface area contributed by atoms with Crippen molar-refractivity contribution in [3.05, 3.63) is 108 Å². The normalized spacial score (nSPS) is 18.0. The second-order valence-electron chi connectivity index (χ2n) is 14.4. The Labute approximate surface area is 271 Å². The molecule has 0 amide bonds. The third-order valence-electron chi connectivity index (χ3n) is 10.8. The lowest BCUT2D eigenvalue weighted by Crippen LogP contribution is -2.45. The summed E-state index contributed by atoms with van der Waals surface area (Å²) in [5.41, 5.74) is 7.58. The molecule has 4 heteroatoms. The number of allylic oxidation sites excluding steroid dienone is 4. The van der Waals surface area contributed by atoms with E-state index >= 15 is 0 Å². The van der Waals surface area contributed by atoms with Crippen molar-refractivity contribution in [1.29, 1.82) is 0 Å². The summed E-state index contributed by atoms with van der Waals surface area (Å²) in [5.74, 6) is 2.93. The predicted molar refractivity (Wildman–Crippen MR) is 197 cm³/mol. The van der Waals surface area contributed by atoms with Crippen LogP contribution in [0.4, 0.5) is 0 Å². The molecular weight excluding hydrogens is 569 g/mol. The van der Waals surface area contributed by atoms with E-state index < -0.39 is 16.6 Å². The molecule has 0 bridgehead atoms. The number of fused-ring (bicyclic) bond motifs is 2. The largest absolute Gasteiger partial charge is 0.545 e. The van der Waals surface area contributed by atoms with E-state index in [0.29, 0.717) is 22.2 Å². The van der Waals surface area contributed by atoms with Crippen LogP contribution in [0.5, 0.6) is 0 Å². The Kier molecular flexibility index (Phi) is 11.5. The molecule has 2 aromatic carbocycles. The van der Waals surface area contributed by atoms with Crippen LogP contribution in [0.1, 0.15) is 115 Å². The minimum absolute atomic E-state index is 0.270. The quantitative estimate of drug-likeness (QED) is 0.128. The Morgan fingerprint density at radius 1 is 0.591 bits per heavy atom. The Balaban J connectivity index is 1.67. The molecule has 0 aliphatic heterocycles. The van der Waals surface area contributed by atoms with Crippen LogP contribution in [-0.2, 0) is 8.85 Å². The van der Waals surface area contributed by atoms with Crippen LogP contribution in [0.2, 0.25) is 34.3 Å². The van der Waals surface area contributed by atoms with Gasteiger partial charge in [-0.05, 0) is 94.3 Å². The van der Waals surface area contributed by atoms with Gasteiger partial charge < -0.3 is 8.85 Å². The first kappa shape index (κ1) is 34.3. The molecule has 0 fully saturated rings. The van der Waals surface area contributed by atoms with Crippen LogP contribution in [0, 0.1) is 0 Å². The highest BCUT2D eigenvalue weighted by Crippen LogP contribution is 2.51.